The predicted octanol–water partition coefficient (Wildman–Crippen LogP) is 3.48. The first-order valence-corrected chi connectivity index (χ1v) is 10.8. The highest BCUT2D eigenvalue weighted by atomic mass is 16.5. The van der Waals surface area contributed by atoms with Crippen LogP contribution in [-0.2, 0) is 17.9 Å². The van der Waals surface area contributed by atoms with Crippen LogP contribution in [0, 0.1) is 0 Å². The molecule has 1 saturated heterocycles. The third-order valence-corrected chi connectivity index (χ3v) is 5.24. The van der Waals surface area contributed by atoms with Crippen molar-refractivity contribution in [3.05, 3.63) is 53.6 Å². The fourth-order valence-electron chi connectivity index (χ4n) is 3.55. The molecule has 0 bridgehead atoms. The number of nitrogens with one attached hydrogen (secondary N) is 2. The number of carbonyl (C=O) groups is 1. The molecule has 2 aromatic rings. The average molecular weight is 425 g/mol. The van der Waals surface area contributed by atoms with E-state index in [4.69, 9.17) is 9.47 Å². The lowest BCUT2D eigenvalue weighted by atomic mass is 10.1. The van der Waals surface area contributed by atoms with Crippen molar-refractivity contribution >= 4 is 17.6 Å². The van der Waals surface area contributed by atoms with Gasteiger partial charge < -0.3 is 25.0 Å². The number of guanidine groups is 1. The Kier molecular flexibility index (Phi) is 8.15. The second-order valence-electron chi connectivity index (χ2n) is 7.41. The molecule has 0 unspecified atom stereocenters. The van der Waals surface area contributed by atoms with E-state index in [1.165, 1.54) is 0 Å². The summed E-state index contributed by atoms with van der Waals surface area (Å²) < 4.78 is 10.7. The zero-order valence-electron chi connectivity index (χ0n) is 18.6. The molecule has 1 fully saturated rings. The number of ether oxygens (including phenoxy) is 2. The molecule has 0 spiro atoms. The third-order valence-electron chi connectivity index (χ3n) is 5.24. The molecule has 1 aliphatic heterocycles. The molecule has 0 aliphatic carbocycles. The van der Waals surface area contributed by atoms with Gasteiger partial charge in [-0.1, -0.05) is 18.2 Å². The summed E-state index contributed by atoms with van der Waals surface area (Å²) in [6.07, 6.45) is 2.71. The molecule has 31 heavy (non-hydrogen) atoms. The number of carbonyl (C=O) groups excluding carboxylic acids is 1. The summed E-state index contributed by atoms with van der Waals surface area (Å²) in [7, 11) is 3.25. The number of benzene rings is 2. The highest BCUT2D eigenvalue weighted by Gasteiger charge is 2.19. The van der Waals surface area contributed by atoms with Gasteiger partial charge in [-0.25, -0.2) is 4.99 Å². The average Bonchev–Trinajstić information content (AvgIpc) is 2.81. The van der Waals surface area contributed by atoms with Crippen LogP contribution in [0.5, 0.6) is 11.5 Å². The maximum absolute atomic E-state index is 12.1. The van der Waals surface area contributed by atoms with Crippen molar-refractivity contribution in [1.29, 1.82) is 0 Å². The van der Waals surface area contributed by atoms with Crippen LogP contribution in [-0.4, -0.2) is 39.2 Å². The standard InChI is InChI=1S/C24H32N4O3/c1-4-25-24(27-17-19-10-13-21(30-2)22(15-19)31-3)26-16-18-8-11-20(12-9-18)28-14-6-5-7-23(28)29/h8-13,15H,4-7,14,16-17H2,1-3H3,(H2,25,26,27). The Morgan fingerprint density at radius 2 is 1.74 bits per heavy atom. The lowest BCUT2D eigenvalue weighted by molar-refractivity contribution is -0.119. The third kappa shape index (κ3) is 6.13. The van der Waals surface area contributed by atoms with Gasteiger partial charge in [0.1, 0.15) is 0 Å². The summed E-state index contributed by atoms with van der Waals surface area (Å²) >= 11 is 0. The Morgan fingerprint density at radius 1 is 1.00 bits per heavy atom. The molecule has 3 rings (SSSR count). The van der Waals surface area contributed by atoms with Gasteiger partial charge in [0.2, 0.25) is 5.91 Å². The minimum atomic E-state index is 0.217. The molecule has 7 heteroatoms. The zero-order valence-corrected chi connectivity index (χ0v) is 18.6. The van der Waals surface area contributed by atoms with Crippen LogP contribution in [0.25, 0.3) is 0 Å². The minimum Gasteiger partial charge on any atom is -0.493 e. The number of piperidine rings is 1. The Hall–Kier alpha value is -3.22. The van der Waals surface area contributed by atoms with E-state index in [0.717, 1.165) is 48.7 Å². The van der Waals surface area contributed by atoms with Crippen molar-refractivity contribution in [3.8, 4) is 11.5 Å². The summed E-state index contributed by atoms with van der Waals surface area (Å²) in [6, 6.07) is 14.0. The first kappa shape index (κ1) is 22.5. The molecular formula is C24H32N4O3. The van der Waals surface area contributed by atoms with Crippen molar-refractivity contribution in [2.24, 2.45) is 4.99 Å². The van der Waals surface area contributed by atoms with Crippen LogP contribution < -0.4 is 25.0 Å². The zero-order chi connectivity index (χ0) is 22.1. The van der Waals surface area contributed by atoms with Gasteiger partial charge in [0, 0.05) is 31.7 Å². The van der Waals surface area contributed by atoms with Gasteiger partial charge >= 0.3 is 0 Å². The van der Waals surface area contributed by atoms with E-state index in [9.17, 15) is 4.79 Å². The number of hydrogen-bond acceptors (Lipinski definition) is 4. The molecule has 1 amide bonds. The predicted molar refractivity (Wildman–Crippen MR) is 124 cm³/mol. The molecule has 2 aromatic carbocycles. The smallest absolute Gasteiger partial charge is 0.226 e. The number of amides is 1. The molecule has 0 aromatic heterocycles. The Labute approximate surface area is 184 Å². The van der Waals surface area contributed by atoms with Crippen molar-refractivity contribution in [2.75, 3.05) is 32.2 Å². The van der Waals surface area contributed by atoms with E-state index in [1.807, 2.05) is 42.2 Å². The first-order valence-electron chi connectivity index (χ1n) is 10.8. The van der Waals surface area contributed by atoms with Crippen LogP contribution in [0.2, 0.25) is 0 Å². The van der Waals surface area contributed by atoms with Gasteiger partial charge in [0.25, 0.3) is 0 Å². The molecule has 0 atom stereocenters. The second-order valence-corrected chi connectivity index (χ2v) is 7.41. The molecular weight excluding hydrogens is 392 g/mol. The Balaban J connectivity index is 1.60. The topological polar surface area (TPSA) is 75.2 Å². The van der Waals surface area contributed by atoms with Gasteiger partial charge in [0.15, 0.2) is 17.5 Å². The monoisotopic (exact) mass is 424 g/mol. The molecule has 7 nitrogen and oxygen atoms in total. The highest BCUT2D eigenvalue weighted by molar-refractivity contribution is 5.93. The molecule has 0 saturated carbocycles. The van der Waals surface area contributed by atoms with Crippen LogP contribution in [0.1, 0.15) is 37.3 Å². The largest absolute Gasteiger partial charge is 0.493 e. The van der Waals surface area contributed by atoms with Crippen molar-refractivity contribution in [3.63, 3.8) is 0 Å². The summed E-state index contributed by atoms with van der Waals surface area (Å²) in [5.74, 6) is 2.36. The summed E-state index contributed by atoms with van der Waals surface area (Å²) in [5.41, 5.74) is 3.14. The Morgan fingerprint density at radius 3 is 2.42 bits per heavy atom. The first-order chi connectivity index (χ1) is 15.1. The fourth-order valence-corrected chi connectivity index (χ4v) is 3.55. The number of anilines is 1. The molecule has 1 aliphatic rings. The molecule has 0 radical (unpaired) electrons. The minimum absolute atomic E-state index is 0.217. The van der Waals surface area contributed by atoms with E-state index in [2.05, 4.69) is 27.8 Å². The van der Waals surface area contributed by atoms with Crippen molar-refractivity contribution in [1.82, 2.24) is 10.6 Å². The maximum atomic E-state index is 12.1. The number of rotatable bonds is 8. The molecule has 1 heterocycles. The quantitative estimate of drug-likeness (QED) is 0.501. The normalized spacial score (nSPS) is 14.4. The number of aliphatic imine (C=N–C) groups is 1. The van der Waals surface area contributed by atoms with Gasteiger partial charge in [-0.3, -0.25) is 4.79 Å². The van der Waals surface area contributed by atoms with Crippen molar-refractivity contribution < 1.29 is 14.3 Å². The van der Waals surface area contributed by atoms with Crippen LogP contribution in [0.4, 0.5) is 5.69 Å². The molecule has 2 N–H and O–H groups in total. The summed E-state index contributed by atoms with van der Waals surface area (Å²) in [5, 5.41) is 6.64. The molecule has 166 valence electrons. The Bertz CT molecular complexity index is 896. The van der Waals surface area contributed by atoms with E-state index in [0.29, 0.717) is 31.0 Å². The van der Waals surface area contributed by atoms with Gasteiger partial charge in [-0.2, -0.15) is 0 Å². The SMILES string of the molecule is CCNC(=NCc1ccc(OC)c(OC)c1)NCc1ccc(N2CCCCC2=O)cc1. The van der Waals surface area contributed by atoms with E-state index >= 15 is 0 Å². The lowest BCUT2D eigenvalue weighted by Crippen LogP contribution is -2.37. The van der Waals surface area contributed by atoms with Gasteiger partial charge in [-0.05, 0) is 55.2 Å². The van der Waals surface area contributed by atoms with Crippen molar-refractivity contribution in [2.45, 2.75) is 39.3 Å². The highest BCUT2D eigenvalue weighted by Crippen LogP contribution is 2.27. The number of methoxy groups -OCH3 is 2. The maximum Gasteiger partial charge on any atom is 0.226 e. The van der Waals surface area contributed by atoms with Crippen LogP contribution in [0.3, 0.4) is 0 Å². The fraction of sp³-hybridized carbons (Fsp3) is 0.417. The second kappa shape index (κ2) is 11.2. The van der Waals surface area contributed by atoms with Gasteiger partial charge in [0.05, 0.1) is 20.8 Å². The van der Waals surface area contributed by atoms with E-state index in [1.54, 1.807) is 14.2 Å². The van der Waals surface area contributed by atoms with E-state index < -0.39 is 0 Å². The van der Waals surface area contributed by atoms with E-state index in [-0.39, 0.29) is 5.91 Å². The number of hydrogen-bond donors (Lipinski definition) is 2. The summed E-state index contributed by atoms with van der Waals surface area (Å²) in [4.78, 5) is 18.7. The number of nitrogens with zero attached hydrogens (tertiary/aromatic N) is 2. The summed E-state index contributed by atoms with van der Waals surface area (Å²) in [6.45, 7) is 4.79. The lowest BCUT2D eigenvalue weighted by Gasteiger charge is -2.26. The van der Waals surface area contributed by atoms with Crippen LogP contribution in [0.15, 0.2) is 47.5 Å². The van der Waals surface area contributed by atoms with Crippen LogP contribution >= 0.6 is 0 Å². The van der Waals surface area contributed by atoms with Gasteiger partial charge in [-0.15, -0.1) is 0 Å².